The van der Waals surface area contributed by atoms with Gasteiger partial charge in [-0.1, -0.05) is 43.8 Å². The Balaban J connectivity index is 1.60. The molecular formula is C23H34N6O2SSi. The van der Waals surface area contributed by atoms with Gasteiger partial charge in [-0.25, -0.2) is 9.67 Å². The van der Waals surface area contributed by atoms with Crippen LogP contribution in [0.4, 0.5) is 11.5 Å². The second-order valence-corrected chi connectivity index (χ2v) is 16.4. The lowest BCUT2D eigenvalue weighted by Crippen LogP contribution is -2.24. The van der Waals surface area contributed by atoms with Crippen LogP contribution in [-0.4, -0.2) is 52.7 Å². The predicted molar refractivity (Wildman–Crippen MR) is 136 cm³/mol. The van der Waals surface area contributed by atoms with Gasteiger partial charge in [-0.15, -0.1) is 0 Å². The van der Waals surface area contributed by atoms with Crippen LogP contribution in [0.5, 0.6) is 0 Å². The number of fused-ring (bicyclic) bond motifs is 1. The van der Waals surface area contributed by atoms with Crippen molar-refractivity contribution in [3.63, 3.8) is 0 Å². The summed E-state index contributed by atoms with van der Waals surface area (Å²) in [5.74, 6) is 1.15. The maximum atomic E-state index is 9.04. The smallest absolute Gasteiger partial charge is 0.211 e. The van der Waals surface area contributed by atoms with Crippen LogP contribution in [0.2, 0.25) is 25.7 Å². The Hall–Kier alpha value is -2.14. The lowest BCUT2D eigenvalue weighted by atomic mass is 10.1. The average molecular weight is 487 g/mol. The van der Waals surface area contributed by atoms with Gasteiger partial charge in [0, 0.05) is 27.1 Å². The van der Waals surface area contributed by atoms with Gasteiger partial charge in [0.25, 0.3) is 0 Å². The van der Waals surface area contributed by atoms with Crippen molar-refractivity contribution < 1.29 is 9.84 Å². The van der Waals surface area contributed by atoms with Crippen LogP contribution in [-0.2, 0) is 11.5 Å². The van der Waals surface area contributed by atoms with Crippen molar-refractivity contribution in [2.45, 2.75) is 64.0 Å². The van der Waals surface area contributed by atoms with Gasteiger partial charge < -0.3 is 15.2 Å². The summed E-state index contributed by atoms with van der Waals surface area (Å²) in [7, 11) is -1.14. The zero-order chi connectivity index (χ0) is 23.3. The van der Waals surface area contributed by atoms with Crippen LogP contribution in [0, 0.1) is 0 Å². The van der Waals surface area contributed by atoms with Crippen LogP contribution < -0.4 is 10.1 Å². The van der Waals surface area contributed by atoms with E-state index in [-0.39, 0.29) is 6.61 Å². The van der Waals surface area contributed by atoms with Gasteiger partial charge in [-0.05, 0) is 37.1 Å². The number of nitrogens with one attached hydrogen (secondary N) is 1. The molecule has 8 nitrogen and oxygen atoms in total. The van der Waals surface area contributed by atoms with E-state index in [4.69, 9.17) is 24.9 Å². The van der Waals surface area contributed by atoms with Crippen molar-refractivity contribution in [1.29, 1.82) is 0 Å². The first-order chi connectivity index (χ1) is 15.9. The molecule has 4 rings (SSSR count). The molecule has 3 aromatic heterocycles. The SMILES string of the molecule is C[Si](C)(C)CCOCn1nc(C2CCCC2)s/c1=N\c1ccc2ncc(NCCO)cc2n1. The molecule has 0 bridgehead atoms. The molecule has 0 atom stereocenters. The lowest BCUT2D eigenvalue weighted by Gasteiger charge is -2.15. The highest BCUT2D eigenvalue weighted by atomic mass is 32.1. The molecular weight excluding hydrogens is 452 g/mol. The molecule has 0 aromatic carbocycles. The molecule has 2 N–H and O–H groups in total. The Bertz CT molecular complexity index is 1130. The van der Waals surface area contributed by atoms with E-state index >= 15 is 0 Å². The molecule has 1 aliphatic carbocycles. The third-order valence-electron chi connectivity index (χ3n) is 5.72. The second kappa shape index (κ2) is 10.9. The lowest BCUT2D eigenvalue weighted by molar-refractivity contribution is 0.0757. The van der Waals surface area contributed by atoms with Crippen LogP contribution in [0.3, 0.4) is 0 Å². The van der Waals surface area contributed by atoms with Crippen LogP contribution in [0.25, 0.3) is 11.0 Å². The van der Waals surface area contributed by atoms with Gasteiger partial charge in [0.15, 0.2) is 5.82 Å². The molecule has 0 unspecified atom stereocenters. The van der Waals surface area contributed by atoms with Crippen molar-refractivity contribution in [2.75, 3.05) is 25.1 Å². The molecule has 0 radical (unpaired) electrons. The molecule has 178 valence electrons. The molecule has 0 aliphatic heterocycles. The first kappa shape index (κ1) is 24.0. The Morgan fingerprint density at radius 2 is 2.06 bits per heavy atom. The van der Waals surface area contributed by atoms with Gasteiger partial charge in [-0.2, -0.15) is 10.1 Å². The number of pyridine rings is 2. The van der Waals surface area contributed by atoms with Crippen molar-refractivity contribution in [3.05, 3.63) is 34.2 Å². The molecule has 3 aromatic rings. The summed E-state index contributed by atoms with van der Waals surface area (Å²) in [6.07, 6.45) is 6.70. The topological polar surface area (TPSA) is 97.5 Å². The normalized spacial score (nSPS) is 15.6. The Kier molecular flexibility index (Phi) is 7.89. The summed E-state index contributed by atoms with van der Waals surface area (Å²) in [4.78, 5) is 14.8. The fraction of sp³-hybridized carbons (Fsp3) is 0.565. The van der Waals surface area contributed by atoms with E-state index in [1.54, 1.807) is 17.5 Å². The highest BCUT2D eigenvalue weighted by Gasteiger charge is 2.21. The van der Waals surface area contributed by atoms with E-state index in [1.807, 2.05) is 22.9 Å². The van der Waals surface area contributed by atoms with E-state index in [9.17, 15) is 0 Å². The Morgan fingerprint density at radius 1 is 1.24 bits per heavy atom. The minimum Gasteiger partial charge on any atom is -0.395 e. The number of aromatic nitrogens is 4. The van der Waals surface area contributed by atoms with E-state index < -0.39 is 8.07 Å². The Morgan fingerprint density at radius 3 is 2.82 bits per heavy atom. The van der Waals surface area contributed by atoms with Gasteiger partial charge in [0.05, 0.1) is 29.5 Å². The van der Waals surface area contributed by atoms with E-state index in [0.29, 0.717) is 25.0 Å². The first-order valence-corrected chi connectivity index (χ1v) is 16.3. The zero-order valence-corrected chi connectivity index (χ0v) is 21.6. The van der Waals surface area contributed by atoms with Crippen molar-refractivity contribution >= 4 is 41.9 Å². The van der Waals surface area contributed by atoms with Gasteiger partial charge in [0.2, 0.25) is 4.80 Å². The number of anilines is 1. The number of aliphatic hydroxyl groups is 1. The summed E-state index contributed by atoms with van der Waals surface area (Å²) >= 11 is 1.65. The van der Waals surface area contributed by atoms with E-state index in [2.05, 4.69) is 29.9 Å². The average Bonchev–Trinajstić information content (AvgIpc) is 3.45. The second-order valence-electron chi connectivity index (χ2n) is 9.75. The molecule has 10 heteroatoms. The number of hydrogen-bond acceptors (Lipinski definition) is 8. The number of nitrogens with zero attached hydrogens (tertiary/aromatic N) is 5. The predicted octanol–water partition coefficient (Wildman–Crippen LogP) is 4.49. The summed E-state index contributed by atoms with van der Waals surface area (Å²) in [5.41, 5.74) is 2.40. The number of hydrogen-bond donors (Lipinski definition) is 2. The van der Waals surface area contributed by atoms with Crippen LogP contribution in [0.1, 0.15) is 36.6 Å². The maximum Gasteiger partial charge on any atom is 0.211 e. The summed E-state index contributed by atoms with van der Waals surface area (Å²) < 4.78 is 7.89. The maximum absolute atomic E-state index is 9.04. The minimum absolute atomic E-state index is 0.0650. The molecule has 3 heterocycles. The fourth-order valence-electron chi connectivity index (χ4n) is 3.81. The molecule has 1 fully saturated rings. The summed E-state index contributed by atoms with van der Waals surface area (Å²) in [5, 5.41) is 18.2. The third kappa shape index (κ3) is 6.69. The van der Waals surface area contributed by atoms with Gasteiger partial charge in [0.1, 0.15) is 11.7 Å². The van der Waals surface area contributed by atoms with E-state index in [1.165, 1.54) is 25.7 Å². The number of ether oxygens (including phenoxy) is 1. The summed E-state index contributed by atoms with van der Waals surface area (Å²) in [6.45, 7) is 8.77. The van der Waals surface area contributed by atoms with E-state index in [0.717, 1.165) is 39.2 Å². The largest absolute Gasteiger partial charge is 0.395 e. The molecule has 1 aliphatic rings. The quantitative estimate of drug-likeness (QED) is 0.324. The molecule has 0 amide bonds. The van der Waals surface area contributed by atoms with Gasteiger partial charge >= 0.3 is 0 Å². The monoisotopic (exact) mass is 486 g/mol. The fourth-order valence-corrected chi connectivity index (χ4v) is 5.64. The Labute approximate surface area is 199 Å². The molecule has 33 heavy (non-hydrogen) atoms. The number of aliphatic hydroxyl groups excluding tert-OH is 1. The van der Waals surface area contributed by atoms with Crippen molar-refractivity contribution in [2.24, 2.45) is 4.99 Å². The number of rotatable bonds is 10. The molecule has 0 saturated heterocycles. The molecule has 1 saturated carbocycles. The highest BCUT2D eigenvalue weighted by Crippen LogP contribution is 2.34. The zero-order valence-electron chi connectivity index (χ0n) is 19.8. The van der Waals surface area contributed by atoms with Crippen molar-refractivity contribution in [1.82, 2.24) is 19.7 Å². The van der Waals surface area contributed by atoms with Crippen molar-refractivity contribution in [3.8, 4) is 0 Å². The van der Waals surface area contributed by atoms with Gasteiger partial charge in [-0.3, -0.25) is 4.98 Å². The first-order valence-electron chi connectivity index (χ1n) is 11.7. The highest BCUT2D eigenvalue weighted by molar-refractivity contribution is 7.08. The minimum atomic E-state index is -1.14. The molecule has 0 spiro atoms. The third-order valence-corrected chi connectivity index (χ3v) is 8.54. The van der Waals surface area contributed by atoms with Crippen LogP contribution >= 0.6 is 11.3 Å². The van der Waals surface area contributed by atoms with Crippen LogP contribution in [0.15, 0.2) is 29.4 Å². The summed E-state index contributed by atoms with van der Waals surface area (Å²) in [6, 6.07) is 6.89. The standard InChI is InChI=1S/C23H34N6O2SSi/c1-33(2,3)13-12-31-16-29-23(32-22(28-29)17-6-4-5-7-17)27-21-9-8-19-20(26-21)14-18(15-25-19)24-10-11-30/h8-9,14-15,17,24,30H,4-7,10-13,16H2,1-3H3/b27-23-.